The van der Waals surface area contributed by atoms with E-state index in [1.807, 2.05) is 24.3 Å². The molecule has 1 aromatic carbocycles. The molecule has 0 radical (unpaired) electrons. The van der Waals surface area contributed by atoms with Gasteiger partial charge in [-0.05, 0) is 36.6 Å². The van der Waals surface area contributed by atoms with E-state index in [-0.39, 0.29) is 11.9 Å². The Morgan fingerprint density at radius 3 is 2.64 bits per heavy atom. The average Bonchev–Trinajstić information content (AvgIpc) is 2.53. The third kappa shape index (κ3) is 4.19. The smallest absolute Gasteiger partial charge is 0.331 e. The number of ether oxygens (including phenoxy) is 1. The molecular formula is C17H20BrNO3. The number of methoxy groups -OCH3 is 1. The van der Waals surface area contributed by atoms with Crippen LogP contribution in [0.2, 0.25) is 0 Å². The Balaban J connectivity index is 2.06. The molecule has 0 aromatic heterocycles. The number of carbonyl (C=O) groups excluding carboxylic acids is 2. The second kappa shape index (κ2) is 7.58. The molecule has 0 heterocycles. The second-order valence-electron chi connectivity index (χ2n) is 5.51. The highest BCUT2D eigenvalue weighted by atomic mass is 79.9. The molecule has 118 valence electrons. The minimum atomic E-state index is -0.869. The van der Waals surface area contributed by atoms with Crippen molar-refractivity contribution >= 4 is 33.9 Å². The molecule has 0 spiro atoms. The molecule has 22 heavy (non-hydrogen) atoms. The summed E-state index contributed by atoms with van der Waals surface area (Å²) in [5, 5.41) is 2.86. The third-order valence-corrected chi connectivity index (χ3v) is 4.41. The van der Waals surface area contributed by atoms with Crippen molar-refractivity contribution in [3.8, 4) is 0 Å². The summed E-state index contributed by atoms with van der Waals surface area (Å²) in [4.78, 5) is 24.3. The van der Waals surface area contributed by atoms with Gasteiger partial charge in [-0.25, -0.2) is 4.79 Å². The first-order valence-corrected chi connectivity index (χ1v) is 8.19. The molecule has 1 amide bonds. The van der Waals surface area contributed by atoms with Crippen LogP contribution in [-0.2, 0) is 14.3 Å². The van der Waals surface area contributed by atoms with Gasteiger partial charge >= 0.3 is 5.97 Å². The molecule has 0 bridgehead atoms. The van der Waals surface area contributed by atoms with E-state index in [0.717, 1.165) is 29.3 Å². The maximum absolute atomic E-state index is 12.2. The number of amides is 1. The first-order chi connectivity index (χ1) is 10.6. The summed E-state index contributed by atoms with van der Waals surface area (Å²) in [6, 6.07) is 7.65. The number of hydrogen-bond donors (Lipinski definition) is 1. The zero-order valence-electron chi connectivity index (χ0n) is 12.6. The number of benzene rings is 1. The number of nitrogens with one attached hydrogen (secondary N) is 1. The summed E-state index contributed by atoms with van der Waals surface area (Å²) in [6.45, 7) is 0. The fourth-order valence-electron chi connectivity index (χ4n) is 2.79. The van der Waals surface area contributed by atoms with Crippen LogP contribution >= 0.6 is 15.9 Å². The Morgan fingerprint density at radius 1 is 1.27 bits per heavy atom. The van der Waals surface area contributed by atoms with Gasteiger partial charge in [0.05, 0.1) is 7.11 Å². The average molecular weight is 366 g/mol. The van der Waals surface area contributed by atoms with E-state index < -0.39 is 5.54 Å². The van der Waals surface area contributed by atoms with Gasteiger partial charge in [-0.3, -0.25) is 4.79 Å². The van der Waals surface area contributed by atoms with Gasteiger partial charge in [0.25, 0.3) is 0 Å². The molecule has 0 atom stereocenters. The van der Waals surface area contributed by atoms with Gasteiger partial charge in [0.2, 0.25) is 5.91 Å². The van der Waals surface area contributed by atoms with Gasteiger partial charge in [-0.2, -0.15) is 0 Å². The van der Waals surface area contributed by atoms with Crippen LogP contribution in [0.3, 0.4) is 0 Å². The van der Waals surface area contributed by atoms with Crippen molar-refractivity contribution in [1.82, 2.24) is 5.32 Å². The molecule has 5 heteroatoms. The van der Waals surface area contributed by atoms with E-state index in [1.54, 1.807) is 6.08 Å². The number of carbonyl (C=O) groups is 2. The van der Waals surface area contributed by atoms with E-state index in [4.69, 9.17) is 4.74 Å². The predicted octanol–water partition coefficient (Wildman–Crippen LogP) is 3.45. The van der Waals surface area contributed by atoms with Crippen molar-refractivity contribution in [2.45, 2.75) is 37.6 Å². The minimum absolute atomic E-state index is 0.271. The molecular weight excluding hydrogens is 346 g/mol. The fraction of sp³-hybridized carbons (Fsp3) is 0.412. The lowest BCUT2D eigenvalue weighted by Gasteiger charge is -2.34. The van der Waals surface area contributed by atoms with Crippen LogP contribution in [0.1, 0.15) is 37.7 Å². The van der Waals surface area contributed by atoms with Gasteiger partial charge in [0.1, 0.15) is 5.54 Å². The molecule has 0 unspecified atom stereocenters. The van der Waals surface area contributed by atoms with Crippen LogP contribution in [0.5, 0.6) is 0 Å². The van der Waals surface area contributed by atoms with E-state index in [1.165, 1.54) is 13.2 Å². The standard InChI is InChI=1S/C17H20BrNO3/c1-22-16(21)17(10-3-2-4-11-17)19-15(20)9-8-13-6-5-7-14(18)12-13/h5-9,12H,2-4,10-11H2,1H3,(H,19,20). The molecule has 1 aromatic rings. The SMILES string of the molecule is COC(=O)C1(NC(=O)C=Cc2cccc(Br)c2)CCCCC1. The fourth-order valence-corrected chi connectivity index (χ4v) is 3.21. The van der Waals surface area contributed by atoms with Crippen molar-refractivity contribution < 1.29 is 14.3 Å². The summed E-state index contributed by atoms with van der Waals surface area (Å²) in [7, 11) is 1.36. The van der Waals surface area contributed by atoms with Gasteiger partial charge < -0.3 is 10.1 Å². The molecule has 0 aliphatic heterocycles. The summed E-state index contributed by atoms with van der Waals surface area (Å²) in [5.74, 6) is -0.622. The number of halogens is 1. The van der Waals surface area contributed by atoms with Gasteiger partial charge in [0.15, 0.2) is 0 Å². The highest BCUT2D eigenvalue weighted by Crippen LogP contribution is 2.29. The van der Waals surface area contributed by atoms with Crippen LogP contribution in [0.25, 0.3) is 6.08 Å². The first kappa shape index (κ1) is 16.7. The summed E-state index contributed by atoms with van der Waals surface area (Å²) in [6.07, 6.45) is 7.39. The molecule has 1 fully saturated rings. The molecule has 1 aliphatic carbocycles. The highest BCUT2D eigenvalue weighted by Gasteiger charge is 2.41. The van der Waals surface area contributed by atoms with Crippen LogP contribution in [-0.4, -0.2) is 24.5 Å². The first-order valence-electron chi connectivity index (χ1n) is 7.40. The van der Waals surface area contributed by atoms with Crippen molar-refractivity contribution in [2.24, 2.45) is 0 Å². The lowest BCUT2D eigenvalue weighted by molar-refractivity contribution is -0.152. The predicted molar refractivity (Wildman–Crippen MR) is 89.2 cm³/mol. The lowest BCUT2D eigenvalue weighted by Crippen LogP contribution is -2.55. The van der Waals surface area contributed by atoms with Gasteiger partial charge in [0, 0.05) is 10.5 Å². The number of hydrogen-bond acceptors (Lipinski definition) is 3. The van der Waals surface area contributed by atoms with Crippen LogP contribution < -0.4 is 5.32 Å². The molecule has 1 N–H and O–H groups in total. The Bertz CT molecular complexity index is 577. The zero-order valence-corrected chi connectivity index (χ0v) is 14.2. The molecule has 0 saturated heterocycles. The maximum Gasteiger partial charge on any atom is 0.331 e. The molecule has 1 aliphatic rings. The van der Waals surface area contributed by atoms with Gasteiger partial charge in [-0.15, -0.1) is 0 Å². The van der Waals surface area contributed by atoms with E-state index in [2.05, 4.69) is 21.2 Å². The highest BCUT2D eigenvalue weighted by molar-refractivity contribution is 9.10. The maximum atomic E-state index is 12.2. The monoisotopic (exact) mass is 365 g/mol. The van der Waals surface area contributed by atoms with E-state index in [0.29, 0.717) is 12.8 Å². The van der Waals surface area contributed by atoms with E-state index >= 15 is 0 Å². The summed E-state index contributed by atoms with van der Waals surface area (Å²) < 4.78 is 5.84. The Labute approximate surface area is 139 Å². The van der Waals surface area contributed by atoms with Crippen molar-refractivity contribution in [1.29, 1.82) is 0 Å². The van der Waals surface area contributed by atoms with Crippen LogP contribution in [0.15, 0.2) is 34.8 Å². The van der Waals surface area contributed by atoms with Gasteiger partial charge in [-0.1, -0.05) is 47.3 Å². The third-order valence-electron chi connectivity index (χ3n) is 3.92. The minimum Gasteiger partial charge on any atom is -0.467 e. The largest absolute Gasteiger partial charge is 0.467 e. The zero-order chi connectivity index (χ0) is 16.0. The second-order valence-corrected chi connectivity index (χ2v) is 6.43. The Morgan fingerprint density at radius 2 is 2.00 bits per heavy atom. The van der Waals surface area contributed by atoms with Crippen LogP contribution in [0.4, 0.5) is 0 Å². The molecule has 1 saturated carbocycles. The van der Waals surface area contributed by atoms with Crippen molar-refractivity contribution in [2.75, 3.05) is 7.11 Å². The van der Waals surface area contributed by atoms with E-state index in [9.17, 15) is 9.59 Å². The Hall–Kier alpha value is -1.62. The quantitative estimate of drug-likeness (QED) is 0.656. The Kier molecular flexibility index (Phi) is 5.77. The van der Waals surface area contributed by atoms with Crippen LogP contribution in [0, 0.1) is 0 Å². The number of rotatable bonds is 4. The summed E-state index contributed by atoms with van der Waals surface area (Å²) >= 11 is 3.39. The number of esters is 1. The lowest BCUT2D eigenvalue weighted by atomic mass is 9.81. The molecule has 4 nitrogen and oxygen atoms in total. The topological polar surface area (TPSA) is 55.4 Å². The normalized spacial score (nSPS) is 17.2. The summed E-state index contributed by atoms with van der Waals surface area (Å²) in [5.41, 5.74) is 0.0476. The molecule has 2 rings (SSSR count). The van der Waals surface area contributed by atoms with Crippen molar-refractivity contribution in [3.05, 3.63) is 40.4 Å². The van der Waals surface area contributed by atoms with Crippen molar-refractivity contribution in [3.63, 3.8) is 0 Å².